The first-order chi connectivity index (χ1) is 9.72. The Balaban J connectivity index is 1.89. The Labute approximate surface area is 120 Å². The molecular formula is C16H23N3O. The van der Waals surface area contributed by atoms with Gasteiger partial charge in [0.25, 0.3) is 0 Å². The number of ether oxygens (including phenoxy) is 1. The van der Waals surface area contributed by atoms with Gasteiger partial charge in [0.2, 0.25) is 0 Å². The maximum absolute atomic E-state index is 5.74. The summed E-state index contributed by atoms with van der Waals surface area (Å²) in [5.41, 5.74) is 7.72. The van der Waals surface area contributed by atoms with Crippen molar-refractivity contribution in [2.24, 2.45) is 5.73 Å². The molecular weight excluding hydrogens is 250 g/mol. The lowest BCUT2D eigenvalue weighted by Crippen LogP contribution is -2.06. The van der Waals surface area contributed by atoms with E-state index in [4.69, 9.17) is 10.5 Å². The summed E-state index contributed by atoms with van der Waals surface area (Å²) >= 11 is 0. The Morgan fingerprint density at radius 1 is 1.25 bits per heavy atom. The average Bonchev–Trinajstić information content (AvgIpc) is 2.95. The summed E-state index contributed by atoms with van der Waals surface area (Å²) < 4.78 is 7.73. The standard InChI is InChI=1S/C16H23N3O/c1-3-13(2)19-11-9-15(18-19)12-20-16-6-4-14(5-7-16)8-10-17/h4-7,9,11,13H,3,8,10,12,17H2,1-2H3. The normalized spacial score (nSPS) is 12.3. The number of hydrogen-bond acceptors (Lipinski definition) is 3. The minimum Gasteiger partial charge on any atom is -0.487 e. The maximum atomic E-state index is 5.74. The predicted molar refractivity (Wildman–Crippen MR) is 80.8 cm³/mol. The first-order valence-corrected chi connectivity index (χ1v) is 7.18. The zero-order valence-corrected chi connectivity index (χ0v) is 12.2. The monoisotopic (exact) mass is 273 g/mol. The van der Waals surface area contributed by atoms with Crippen molar-refractivity contribution in [3.8, 4) is 5.75 Å². The molecule has 0 aliphatic heterocycles. The molecule has 0 bridgehead atoms. The molecule has 2 N–H and O–H groups in total. The molecule has 2 rings (SSSR count). The molecule has 1 unspecified atom stereocenters. The van der Waals surface area contributed by atoms with Crippen LogP contribution in [0.15, 0.2) is 36.5 Å². The predicted octanol–water partition coefficient (Wildman–Crippen LogP) is 2.93. The minimum atomic E-state index is 0.430. The zero-order chi connectivity index (χ0) is 14.4. The lowest BCUT2D eigenvalue weighted by molar-refractivity contribution is 0.298. The lowest BCUT2D eigenvalue weighted by Gasteiger charge is -2.08. The molecule has 4 nitrogen and oxygen atoms in total. The van der Waals surface area contributed by atoms with Gasteiger partial charge in [-0.3, -0.25) is 4.68 Å². The van der Waals surface area contributed by atoms with E-state index in [2.05, 4.69) is 31.1 Å². The highest BCUT2D eigenvalue weighted by Crippen LogP contribution is 2.15. The Kier molecular flexibility index (Phi) is 5.18. The van der Waals surface area contributed by atoms with Crippen molar-refractivity contribution in [3.63, 3.8) is 0 Å². The summed E-state index contributed by atoms with van der Waals surface area (Å²) in [6.45, 7) is 5.49. The minimum absolute atomic E-state index is 0.430. The molecule has 2 aromatic rings. The van der Waals surface area contributed by atoms with Gasteiger partial charge in [-0.25, -0.2) is 0 Å². The van der Waals surface area contributed by atoms with E-state index in [-0.39, 0.29) is 0 Å². The van der Waals surface area contributed by atoms with Crippen molar-refractivity contribution in [2.45, 2.75) is 39.3 Å². The van der Waals surface area contributed by atoms with Crippen molar-refractivity contribution in [1.29, 1.82) is 0 Å². The van der Waals surface area contributed by atoms with Gasteiger partial charge in [-0.05, 0) is 50.1 Å². The molecule has 20 heavy (non-hydrogen) atoms. The van der Waals surface area contributed by atoms with Gasteiger partial charge in [-0.1, -0.05) is 19.1 Å². The molecule has 1 aromatic carbocycles. The molecule has 0 amide bonds. The average molecular weight is 273 g/mol. The molecule has 0 radical (unpaired) electrons. The summed E-state index contributed by atoms with van der Waals surface area (Å²) in [7, 11) is 0. The summed E-state index contributed by atoms with van der Waals surface area (Å²) in [5.74, 6) is 0.865. The van der Waals surface area contributed by atoms with Gasteiger partial charge in [0, 0.05) is 12.2 Å². The molecule has 1 atom stereocenters. The number of hydrogen-bond donors (Lipinski definition) is 1. The van der Waals surface area contributed by atoms with E-state index >= 15 is 0 Å². The first-order valence-electron chi connectivity index (χ1n) is 7.18. The molecule has 1 heterocycles. The summed E-state index contributed by atoms with van der Waals surface area (Å²) in [4.78, 5) is 0. The second kappa shape index (κ2) is 7.10. The second-order valence-corrected chi connectivity index (χ2v) is 5.02. The Bertz CT molecular complexity index is 519. The van der Waals surface area contributed by atoms with E-state index in [1.165, 1.54) is 5.56 Å². The van der Waals surface area contributed by atoms with Gasteiger partial charge in [0.15, 0.2) is 0 Å². The van der Waals surface area contributed by atoms with Crippen LogP contribution >= 0.6 is 0 Å². The van der Waals surface area contributed by atoms with Gasteiger partial charge in [0.1, 0.15) is 12.4 Å². The van der Waals surface area contributed by atoms with E-state index in [1.807, 2.05) is 29.1 Å². The third-order valence-electron chi connectivity index (χ3n) is 3.45. The number of benzene rings is 1. The van der Waals surface area contributed by atoms with Crippen LogP contribution in [0.2, 0.25) is 0 Å². The second-order valence-electron chi connectivity index (χ2n) is 5.02. The van der Waals surface area contributed by atoms with Crippen LogP contribution < -0.4 is 10.5 Å². The number of rotatable bonds is 7. The number of nitrogens with zero attached hydrogens (tertiary/aromatic N) is 2. The highest BCUT2D eigenvalue weighted by molar-refractivity contribution is 5.27. The van der Waals surface area contributed by atoms with Crippen LogP contribution in [0.4, 0.5) is 0 Å². The van der Waals surface area contributed by atoms with Gasteiger partial charge >= 0.3 is 0 Å². The van der Waals surface area contributed by atoms with E-state index < -0.39 is 0 Å². The highest BCUT2D eigenvalue weighted by atomic mass is 16.5. The molecule has 0 aliphatic carbocycles. The summed E-state index contributed by atoms with van der Waals surface area (Å²) in [6, 6.07) is 10.5. The molecule has 1 aromatic heterocycles. The van der Waals surface area contributed by atoms with Crippen LogP contribution in [0, 0.1) is 0 Å². The first kappa shape index (κ1) is 14.6. The fraction of sp³-hybridized carbons (Fsp3) is 0.438. The largest absolute Gasteiger partial charge is 0.487 e. The third-order valence-corrected chi connectivity index (χ3v) is 3.45. The highest BCUT2D eigenvalue weighted by Gasteiger charge is 2.05. The SMILES string of the molecule is CCC(C)n1ccc(COc2ccc(CCN)cc2)n1. The van der Waals surface area contributed by atoms with Crippen molar-refractivity contribution >= 4 is 0 Å². The Hall–Kier alpha value is -1.81. The third kappa shape index (κ3) is 3.84. The molecule has 0 spiro atoms. The van der Waals surface area contributed by atoms with E-state index in [0.29, 0.717) is 19.2 Å². The molecule has 0 aliphatic rings. The number of aromatic nitrogens is 2. The van der Waals surface area contributed by atoms with Crippen LogP contribution in [-0.2, 0) is 13.0 Å². The molecule has 108 valence electrons. The van der Waals surface area contributed by atoms with Gasteiger partial charge in [-0.2, -0.15) is 5.10 Å². The maximum Gasteiger partial charge on any atom is 0.132 e. The van der Waals surface area contributed by atoms with Crippen molar-refractivity contribution in [2.75, 3.05) is 6.54 Å². The topological polar surface area (TPSA) is 53.1 Å². The smallest absolute Gasteiger partial charge is 0.132 e. The quantitative estimate of drug-likeness (QED) is 0.844. The van der Waals surface area contributed by atoms with Gasteiger partial charge in [-0.15, -0.1) is 0 Å². The zero-order valence-electron chi connectivity index (χ0n) is 12.2. The molecule has 4 heteroatoms. The van der Waals surface area contributed by atoms with Crippen LogP contribution in [-0.4, -0.2) is 16.3 Å². The van der Waals surface area contributed by atoms with Crippen LogP contribution in [0.5, 0.6) is 5.75 Å². The van der Waals surface area contributed by atoms with Crippen LogP contribution in [0.1, 0.15) is 37.6 Å². The van der Waals surface area contributed by atoms with Gasteiger partial charge in [0.05, 0.1) is 5.69 Å². The van der Waals surface area contributed by atoms with Gasteiger partial charge < -0.3 is 10.5 Å². The van der Waals surface area contributed by atoms with E-state index in [9.17, 15) is 0 Å². The fourth-order valence-corrected chi connectivity index (χ4v) is 1.96. The van der Waals surface area contributed by atoms with Crippen LogP contribution in [0.3, 0.4) is 0 Å². The Morgan fingerprint density at radius 3 is 2.65 bits per heavy atom. The lowest BCUT2D eigenvalue weighted by atomic mass is 10.1. The van der Waals surface area contributed by atoms with E-state index in [1.54, 1.807) is 0 Å². The molecule has 0 saturated carbocycles. The van der Waals surface area contributed by atoms with Crippen molar-refractivity contribution < 1.29 is 4.74 Å². The summed E-state index contributed by atoms with van der Waals surface area (Å²) in [6.07, 6.45) is 3.99. The van der Waals surface area contributed by atoms with Crippen molar-refractivity contribution in [1.82, 2.24) is 9.78 Å². The molecule has 0 fully saturated rings. The fourth-order valence-electron chi connectivity index (χ4n) is 1.96. The number of nitrogens with two attached hydrogens (primary N) is 1. The summed E-state index contributed by atoms with van der Waals surface area (Å²) in [5, 5.41) is 4.52. The Morgan fingerprint density at radius 2 is 2.00 bits per heavy atom. The molecule has 0 saturated heterocycles. The van der Waals surface area contributed by atoms with Crippen LogP contribution in [0.25, 0.3) is 0 Å². The van der Waals surface area contributed by atoms with Crippen molar-refractivity contribution in [3.05, 3.63) is 47.8 Å². The van der Waals surface area contributed by atoms with E-state index in [0.717, 1.165) is 24.3 Å².